The normalized spacial score (nSPS) is 11.4. The number of esters is 2. The van der Waals surface area contributed by atoms with Crippen molar-refractivity contribution < 1.29 is 33.8 Å². The number of hydrogen-bond donors (Lipinski definition) is 1. The smallest absolute Gasteiger partial charge is 0.308 e. The van der Waals surface area contributed by atoms with E-state index in [-0.39, 0.29) is 22.6 Å². The molecule has 0 spiro atoms. The lowest BCUT2D eigenvalue weighted by Gasteiger charge is -2.19. The summed E-state index contributed by atoms with van der Waals surface area (Å²) in [5.41, 5.74) is 0.215. The van der Waals surface area contributed by atoms with Gasteiger partial charge in [-0.2, -0.15) is 0 Å². The maximum absolute atomic E-state index is 13.2. The number of ketones is 2. The number of ether oxygens (including phenoxy) is 2. The third-order valence-electron chi connectivity index (χ3n) is 4.03. The first kappa shape index (κ1) is 20.8. The van der Waals surface area contributed by atoms with E-state index in [9.17, 15) is 24.3 Å². The molecule has 1 N–H and O–H groups in total. The highest BCUT2D eigenvalue weighted by Crippen LogP contribution is 2.41. The molecule has 7 nitrogen and oxygen atoms in total. The number of Topliss-reactive ketones (excluding diaryl/α,β-unsaturated/α-hetero) is 2. The fourth-order valence-corrected chi connectivity index (χ4v) is 2.82. The van der Waals surface area contributed by atoms with Gasteiger partial charge >= 0.3 is 11.9 Å². The zero-order valence-corrected chi connectivity index (χ0v) is 15.9. The molecule has 0 amide bonds. The number of aromatic hydroxyl groups is 1. The van der Waals surface area contributed by atoms with Crippen LogP contribution in [0, 0.1) is 6.92 Å². The van der Waals surface area contributed by atoms with Crippen LogP contribution in [-0.2, 0) is 14.4 Å². The summed E-state index contributed by atoms with van der Waals surface area (Å²) in [7, 11) is 0. The lowest BCUT2D eigenvalue weighted by atomic mass is 9.86. The van der Waals surface area contributed by atoms with Gasteiger partial charge in [-0.3, -0.25) is 19.2 Å². The molecule has 0 saturated heterocycles. The number of phenolic OH excluding ortho intramolecular Hbond substituents is 1. The molecule has 0 heterocycles. The lowest BCUT2D eigenvalue weighted by Crippen LogP contribution is -2.22. The minimum absolute atomic E-state index is 0.0584. The second-order valence-electron chi connectivity index (χ2n) is 6.23. The number of hydrogen-bond acceptors (Lipinski definition) is 7. The predicted molar refractivity (Wildman–Crippen MR) is 99.7 cm³/mol. The summed E-state index contributed by atoms with van der Waals surface area (Å²) in [6.45, 7) is 4.99. The highest BCUT2D eigenvalue weighted by Gasteiger charge is 2.33. The van der Waals surface area contributed by atoms with E-state index < -0.39 is 35.2 Å². The Kier molecular flexibility index (Phi) is 6.30. The summed E-state index contributed by atoms with van der Waals surface area (Å²) in [6, 6.07) is 9.51. The molecule has 0 radical (unpaired) electrons. The van der Waals surface area contributed by atoms with Crippen LogP contribution in [0.2, 0.25) is 0 Å². The second kappa shape index (κ2) is 8.47. The highest BCUT2D eigenvalue weighted by molar-refractivity contribution is 6.17. The van der Waals surface area contributed by atoms with Gasteiger partial charge in [-0.05, 0) is 19.4 Å². The first-order chi connectivity index (χ1) is 13.1. The largest absolute Gasteiger partial charge is 0.507 e. The van der Waals surface area contributed by atoms with Crippen LogP contribution >= 0.6 is 0 Å². The molecule has 2 aromatic rings. The molecule has 28 heavy (non-hydrogen) atoms. The minimum Gasteiger partial charge on any atom is -0.507 e. The van der Waals surface area contributed by atoms with Gasteiger partial charge in [0.15, 0.2) is 5.78 Å². The molecule has 0 aliphatic carbocycles. The van der Waals surface area contributed by atoms with Crippen LogP contribution in [-0.4, -0.2) is 28.6 Å². The Morgan fingerprint density at radius 2 is 1.43 bits per heavy atom. The summed E-state index contributed by atoms with van der Waals surface area (Å²) in [5.74, 6) is -4.64. The van der Waals surface area contributed by atoms with Crippen molar-refractivity contribution in [2.75, 3.05) is 0 Å². The summed E-state index contributed by atoms with van der Waals surface area (Å²) in [4.78, 5) is 48.2. The van der Waals surface area contributed by atoms with E-state index in [0.29, 0.717) is 5.56 Å². The topological polar surface area (TPSA) is 107 Å². The number of benzene rings is 2. The molecule has 2 aromatic carbocycles. The van der Waals surface area contributed by atoms with Gasteiger partial charge in [0.05, 0.1) is 0 Å². The number of carbonyl (C=O) groups is 4. The maximum atomic E-state index is 13.2. The molecule has 0 aliphatic rings. The van der Waals surface area contributed by atoms with Gasteiger partial charge in [0.1, 0.15) is 34.5 Å². The third-order valence-corrected chi connectivity index (χ3v) is 4.03. The lowest BCUT2D eigenvalue weighted by molar-refractivity contribution is -0.132. The number of carbonyl (C=O) groups excluding carboxylic acids is 4. The fourth-order valence-electron chi connectivity index (χ4n) is 2.82. The first-order valence-corrected chi connectivity index (χ1v) is 8.46. The van der Waals surface area contributed by atoms with Gasteiger partial charge < -0.3 is 14.6 Å². The number of rotatable bonds is 6. The molecule has 2 rings (SSSR count). The molecular weight excluding hydrogens is 364 g/mol. The predicted octanol–water partition coefficient (Wildman–Crippen LogP) is 3.11. The van der Waals surface area contributed by atoms with Crippen molar-refractivity contribution >= 4 is 23.5 Å². The van der Waals surface area contributed by atoms with Crippen LogP contribution in [0.5, 0.6) is 17.2 Å². The Hall–Kier alpha value is -3.48. The van der Waals surface area contributed by atoms with E-state index in [4.69, 9.17) is 9.47 Å². The molecule has 1 unspecified atom stereocenters. The van der Waals surface area contributed by atoms with Crippen LogP contribution in [0.25, 0.3) is 0 Å². The molecule has 0 saturated carbocycles. The highest BCUT2D eigenvalue weighted by atomic mass is 16.5. The van der Waals surface area contributed by atoms with Crippen molar-refractivity contribution in [3.8, 4) is 17.2 Å². The van der Waals surface area contributed by atoms with E-state index in [0.717, 1.165) is 6.92 Å². The summed E-state index contributed by atoms with van der Waals surface area (Å²) < 4.78 is 10.1. The number of phenols is 1. The molecule has 0 aliphatic heterocycles. The Balaban J connectivity index is 2.68. The van der Waals surface area contributed by atoms with Crippen LogP contribution < -0.4 is 9.47 Å². The van der Waals surface area contributed by atoms with Gasteiger partial charge in [-0.1, -0.05) is 30.3 Å². The van der Waals surface area contributed by atoms with E-state index in [1.807, 2.05) is 0 Å². The quantitative estimate of drug-likeness (QED) is 0.353. The van der Waals surface area contributed by atoms with Crippen molar-refractivity contribution in [3.63, 3.8) is 0 Å². The molecule has 146 valence electrons. The van der Waals surface area contributed by atoms with E-state index in [2.05, 4.69) is 0 Å². The average molecular weight is 384 g/mol. The Morgan fingerprint density at radius 3 is 1.93 bits per heavy atom. The first-order valence-electron chi connectivity index (χ1n) is 8.46. The molecule has 1 atom stereocenters. The van der Waals surface area contributed by atoms with Gasteiger partial charge in [-0.25, -0.2) is 0 Å². The summed E-state index contributed by atoms with van der Waals surface area (Å²) in [5, 5.41) is 10.6. The van der Waals surface area contributed by atoms with Crippen molar-refractivity contribution in [2.24, 2.45) is 0 Å². The molecule has 7 heteroatoms. The Labute approximate surface area is 161 Å². The fraction of sp³-hybridized carbons (Fsp3) is 0.238. The zero-order chi connectivity index (χ0) is 21.0. The van der Waals surface area contributed by atoms with Gasteiger partial charge in [0, 0.05) is 25.5 Å². The van der Waals surface area contributed by atoms with Crippen molar-refractivity contribution in [2.45, 2.75) is 33.6 Å². The van der Waals surface area contributed by atoms with Crippen molar-refractivity contribution in [3.05, 3.63) is 53.1 Å². The van der Waals surface area contributed by atoms with Crippen LogP contribution in [0.4, 0.5) is 0 Å². The van der Waals surface area contributed by atoms with Gasteiger partial charge in [0.2, 0.25) is 0 Å². The molecule has 0 aromatic heterocycles. The van der Waals surface area contributed by atoms with Crippen molar-refractivity contribution in [1.82, 2.24) is 0 Å². The monoisotopic (exact) mass is 384 g/mol. The average Bonchev–Trinajstić information content (AvgIpc) is 2.59. The molecular formula is C21H20O7. The summed E-state index contributed by atoms with van der Waals surface area (Å²) >= 11 is 0. The molecule has 0 bridgehead atoms. The third kappa shape index (κ3) is 4.43. The van der Waals surface area contributed by atoms with E-state index in [1.54, 1.807) is 30.3 Å². The standard InChI is InChI=1S/C21H20O7/c1-11-16(27-13(3)23)10-17(28-14(4)24)19(20(11)25)21(26)18(12(2)22)15-8-6-5-7-9-15/h5-10,18,25H,1-4H3. The van der Waals surface area contributed by atoms with Crippen LogP contribution in [0.3, 0.4) is 0 Å². The minimum atomic E-state index is -1.19. The van der Waals surface area contributed by atoms with Crippen LogP contribution in [0.1, 0.15) is 48.2 Å². The molecule has 0 fully saturated rings. The SMILES string of the molecule is CC(=O)Oc1cc(OC(C)=O)c(C(=O)C(C(C)=O)c2ccccc2)c(O)c1C. The van der Waals surface area contributed by atoms with Gasteiger partial charge in [-0.15, -0.1) is 0 Å². The second-order valence-corrected chi connectivity index (χ2v) is 6.23. The van der Waals surface area contributed by atoms with Crippen molar-refractivity contribution in [1.29, 1.82) is 0 Å². The maximum Gasteiger partial charge on any atom is 0.308 e. The Bertz CT molecular complexity index is 945. The zero-order valence-electron chi connectivity index (χ0n) is 15.9. The Morgan fingerprint density at radius 1 is 0.893 bits per heavy atom. The van der Waals surface area contributed by atoms with Gasteiger partial charge in [0.25, 0.3) is 0 Å². The van der Waals surface area contributed by atoms with Crippen LogP contribution in [0.15, 0.2) is 36.4 Å². The van der Waals surface area contributed by atoms with E-state index >= 15 is 0 Å². The van der Waals surface area contributed by atoms with E-state index in [1.165, 1.54) is 26.8 Å². The summed E-state index contributed by atoms with van der Waals surface area (Å²) in [6.07, 6.45) is 0.